The third-order valence-electron chi connectivity index (χ3n) is 2.17. The van der Waals surface area contributed by atoms with E-state index in [-0.39, 0.29) is 17.7 Å². The SMILES string of the molecule is CCC(=O)N(N)C(=O)c1ccc(C)cc1O. The predicted octanol–water partition coefficient (Wildman–Crippen LogP) is 0.953. The fourth-order valence-corrected chi connectivity index (χ4v) is 1.24. The number of nitrogens with zero attached hydrogens (tertiary/aromatic N) is 1. The van der Waals surface area contributed by atoms with Crippen LogP contribution in [0.25, 0.3) is 0 Å². The maximum Gasteiger partial charge on any atom is 0.278 e. The normalized spacial score (nSPS) is 9.94. The molecule has 0 aliphatic rings. The van der Waals surface area contributed by atoms with Crippen LogP contribution in [0.5, 0.6) is 5.75 Å². The summed E-state index contributed by atoms with van der Waals surface area (Å²) in [4.78, 5) is 22.9. The third kappa shape index (κ3) is 2.38. The smallest absolute Gasteiger partial charge is 0.278 e. The molecule has 5 nitrogen and oxygen atoms in total. The number of phenolic OH excluding ortho intramolecular Hbond substituents is 1. The first kappa shape index (κ1) is 12.2. The Hall–Kier alpha value is -1.88. The highest BCUT2D eigenvalue weighted by Crippen LogP contribution is 2.19. The Balaban J connectivity index is 3.01. The highest BCUT2D eigenvalue weighted by molar-refractivity contribution is 6.05. The number of phenols is 1. The minimum Gasteiger partial charge on any atom is -0.507 e. The van der Waals surface area contributed by atoms with E-state index in [1.54, 1.807) is 19.9 Å². The van der Waals surface area contributed by atoms with Gasteiger partial charge in [0.25, 0.3) is 5.91 Å². The molecule has 0 fully saturated rings. The zero-order valence-corrected chi connectivity index (χ0v) is 9.23. The molecule has 2 amide bonds. The Bertz CT molecular complexity index is 429. The van der Waals surface area contributed by atoms with Crippen LogP contribution in [0.4, 0.5) is 0 Å². The number of hydrazine groups is 1. The number of carbonyl (C=O) groups is 2. The molecule has 1 aromatic rings. The van der Waals surface area contributed by atoms with Gasteiger partial charge in [0, 0.05) is 6.42 Å². The van der Waals surface area contributed by atoms with Gasteiger partial charge in [0.05, 0.1) is 5.56 Å². The van der Waals surface area contributed by atoms with Gasteiger partial charge in [0.1, 0.15) is 5.75 Å². The maximum atomic E-state index is 11.7. The second-order valence-electron chi connectivity index (χ2n) is 3.44. The van der Waals surface area contributed by atoms with E-state index in [2.05, 4.69) is 0 Å². The van der Waals surface area contributed by atoms with Crippen molar-refractivity contribution in [2.75, 3.05) is 0 Å². The van der Waals surface area contributed by atoms with Crippen LogP contribution in [-0.2, 0) is 4.79 Å². The van der Waals surface area contributed by atoms with E-state index in [0.29, 0.717) is 5.01 Å². The number of hydrogen-bond acceptors (Lipinski definition) is 4. The van der Waals surface area contributed by atoms with E-state index in [4.69, 9.17) is 5.84 Å². The minimum absolute atomic E-state index is 0.0231. The number of aromatic hydroxyl groups is 1. The third-order valence-corrected chi connectivity index (χ3v) is 2.17. The lowest BCUT2D eigenvalue weighted by Crippen LogP contribution is -2.42. The molecule has 0 aliphatic heterocycles. The molecule has 0 heterocycles. The molecule has 0 bridgehead atoms. The average molecular weight is 222 g/mol. The van der Waals surface area contributed by atoms with Gasteiger partial charge in [-0.15, -0.1) is 0 Å². The van der Waals surface area contributed by atoms with Crippen LogP contribution >= 0.6 is 0 Å². The van der Waals surface area contributed by atoms with Crippen molar-refractivity contribution in [1.29, 1.82) is 0 Å². The number of carbonyl (C=O) groups excluding carboxylic acids is 2. The molecule has 1 rings (SSSR count). The van der Waals surface area contributed by atoms with Crippen LogP contribution in [0.15, 0.2) is 18.2 Å². The summed E-state index contributed by atoms with van der Waals surface area (Å²) in [5.74, 6) is 3.96. The zero-order valence-electron chi connectivity index (χ0n) is 9.23. The quantitative estimate of drug-likeness (QED) is 0.443. The van der Waals surface area contributed by atoms with Crippen molar-refractivity contribution < 1.29 is 14.7 Å². The summed E-state index contributed by atoms with van der Waals surface area (Å²) in [7, 11) is 0. The maximum absolute atomic E-state index is 11.7. The standard InChI is InChI=1S/C11H14N2O3/c1-3-10(15)13(12)11(16)8-5-4-7(2)6-9(8)14/h4-6,14H,3,12H2,1-2H3. The van der Waals surface area contributed by atoms with Gasteiger partial charge in [-0.3, -0.25) is 9.59 Å². The van der Waals surface area contributed by atoms with Crippen molar-refractivity contribution in [3.8, 4) is 5.75 Å². The predicted molar refractivity (Wildman–Crippen MR) is 58.5 cm³/mol. The van der Waals surface area contributed by atoms with Crippen LogP contribution in [0.1, 0.15) is 29.3 Å². The van der Waals surface area contributed by atoms with E-state index in [1.165, 1.54) is 12.1 Å². The zero-order chi connectivity index (χ0) is 12.3. The lowest BCUT2D eigenvalue weighted by atomic mass is 10.1. The molecular weight excluding hydrogens is 208 g/mol. The highest BCUT2D eigenvalue weighted by Gasteiger charge is 2.20. The molecule has 0 spiro atoms. The molecule has 1 aromatic carbocycles. The molecule has 0 aliphatic carbocycles. The first-order valence-electron chi connectivity index (χ1n) is 4.89. The van der Waals surface area contributed by atoms with Crippen molar-refractivity contribution in [1.82, 2.24) is 5.01 Å². The molecule has 0 saturated heterocycles. The van der Waals surface area contributed by atoms with Crippen molar-refractivity contribution in [2.45, 2.75) is 20.3 Å². The summed E-state index contributed by atoms with van der Waals surface area (Å²) < 4.78 is 0. The summed E-state index contributed by atoms with van der Waals surface area (Å²) in [5.41, 5.74) is 0.842. The van der Waals surface area contributed by atoms with Gasteiger partial charge in [-0.1, -0.05) is 13.0 Å². The van der Waals surface area contributed by atoms with Crippen LogP contribution in [0.2, 0.25) is 0 Å². The summed E-state index contributed by atoms with van der Waals surface area (Å²) in [6.45, 7) is 3.38. The minimum atomic E-state index is -0.704. The second-order valence-corrected chi connectivity index (χ2v) is 3.44. The first-order chi connectivity index (χ1) is 7.47. The van der Waals surface area contributed by atoms with Gasteiger partial charge in [-0.25, -0.2) is 10.9 Å². The van der Waals surface area contributed by atoms with Gasteiger partial charge < -0.3 is 5.11 Å². The number of imide groups is 1. The average Bonchev–Trinajstić information content (AvgIpc) is 2.26. The van der Waals surface area contributed by atoms with Crippen molar-refractivity contribution in [3.05, 3.63) is 29.3 Å². The van der Waals surface area contributed by atoms with Crippen molar-refractivity contribution >= 4 is 11.8 Å². The summed E-state index contributed by atoms with van der Waals surface area (Å²) in [6, 6.07) is 4.55. The summed E-state index contributed by atoms with van der Waals surface area (Å²) >= 11 is 0. The lowest BCUT2D eigenvalue weighted by Gasteiger charge is -2.14. The Labute approximate surface area is 93.4 Å². The van der Waals surface area contributed by atoms with Crippen LogP contribution in [0, 0.1) is 6.92 Å². The van der Waals surface area contributed by atoms with E-state index in [0.717, 1.165) is 5.56 Å². The van der Waals surface area contributed by atoms with E-state index >= 15 is 0 Å². The molecule has 0 saturated carbocycles. The number of benzene rings is 1. The van der Waals surface area contributed by atoms with Gasteiger partial charge >= 0.3 is 0 Å². The Morgan fingerprint density at radius 2 is 2.06 bits per heavy atom. The van der Waals surface area contributed by atoms with Crippen molar-refractivity contribution in [2.24, 2.45) is 5.84 Å². The number of rotatable bonds is 2. The Morgan fingerprint density at radius 3 is 2.56 bits per heavy atom. The Kier molecular flexibility index (Phi) is 3.63. The molecule has 16 heavy (non-hydrogen) atoms. The molecule has 86 valence electrons. The van der Waals surface area contributed by atoms with Crippen LogP contribution in [0.3, 0.4) is 0 Å². The fourth-order valence-electron chi connectivity index (χ4n) is 1.24. The first-order valence-corrected chi connectivity index (χ1v) is 4.89. The van der Waals surface area contributed by atoms with E-state index in [1.807, 2.05) is 0 Å². The second kappa shape index (κ2) is 4.76. The largest absolute Gasteiger partial charge is 0.507 e. The van der Waals surface area contributed by atoms with Gasteiger partial charge in [-0.05, 0) is 24.6 Å². The highest BCUT2D eigenvalue weighted by atomic mass is 16.3. The van der Waals surface area contributed by atoms with Gasteiger partial charge in [0.15, 0.2) is 0 Å². The van der Waals surface area contributed by atoms with Gasteiger partial charge in [0.2, 0.25) is 5.91 Å². The molecule has 5 heteroatoms. The molecular formula is C11H14N2O3. The number of hydrogen-bond donors (Lipinski definition) is 2. The van der Waals surface area contributed by atoms with E-state index < -0.39 is 11.8 Å². The number of nitrogens with two attached hydrogens (primary N) is 1. The monoisotopic (exact) mass is 222 g/mol. The molecule has 0 atom stereocenters. The molecule has 0 unspecified atom stereocenters. The summed E-state index contributed by atoms with van der Waals surface area (Å²) in [6.07, 6.45) is 0.134. The van der Waals surface area contributed by atoms with Gasteiger partial charge in [-0.2, -0.15) is 0 Å². The lowest BCUT2D eigenvalue weighted by molar-refractivity contribution is -0.128. The molecule has 0 radical (unpaired) electrons. The molecule has 0 aromatic heterocycles. The summed E-state index contributed by atoms with van der Waals surface area (Å²) in [5, 5.41) is 10.1. The van der Waals surface area contributed by atoms with Crippen LogP contribution < -0.4 is 5.84 Å². The Morgan fingerprint density at radius 1 is 1.44 bits per heavy atom. The van der Waals surface area contributed by atoms with E-state index in [9.17, 15) is 14.7 Å². The number of amides is 2. The molecule has 3 N–H and O–H groups in total. The fraction of sp³-hybridized carbons (Fsp3) is 0.273. The number of aryl methyl sites for hydroxylation is 1. The topological polar surface area (TPSA) is 83.6 Å². The van der Waals surface area contributed by atoms with Crippen LogP contribution in [-0.4, -0.2) is 21.9 Å². The van der Waals surface area contributed by atoms with Crippen molar-refractivity contribution in [3.63, 3.8) is 0 Å².